The highest BCUT2D eigenvalue weighted by Gasteiger charge is 2.29. The number of hydrogen-bond acceptors (Lipinski definition) is 2. The van der Waals surface area contributed by atoms with Crippen LogP contribution in [0.25, 0.3) is 0 Å². The number of rotatable bonds is 2. The van der Waals surface area contributed by atoms with E-state index in [1.54, 1.807) is 0 Å². The lowest BCUT2D eigenvalue weighted by Crippen LogP contribution is -2.57. The molecule has 0 radical (unpaired) electrons. The van der Waals surface area contributed by atoms with Gasteiger partial charge in [0.1, 0.15) is 0 Å². The molecule has 0 atom stereocenters. The molecule has 0 aromatic heterocycles. The first kappa shape index (κ1) is 12.9. The van der Waals surface area contributed by atoms with Crippen LogP contribution in [0.3, 0.4) is 0 Å². The second kappa shape index (κ2) is 4.97. The highest BCUT2D eigenvalue weighted by Crippen LogP contribution is 2.22. The van der Waals surface area contributed by atoms with Crippen LogP contribution in [0.1, 0.15) is 25.0 Å². The van der Waals surface area contributed by atoms with E-state index < -0.39 is 0 Å². The van der Waals surface area contributed by atoms with Crippen molar-refractivity contribution in [1.29, 1.82) is 0 Å². The van der Waals surface area contributed by atoms with Crippen LogP contribution in [0.2, 0.25) is 5.02 Å². The standard InChI is InChI=1S/C14H21ClN2/c1-11-8-13(15)5-4-12(11)9-17-7-6-16-10-14(17,2)3/h4-5,8,16H,6-7,9-10H2,1-3H3. The van der Waals surface area contributed by atoms with E-state index in [0.29, 0.717) is 0 Å². The zero-order valence-electron chi connectivity index (χ0n) is 10.9. The van der Waals surface area contributed by atoms with Gasteiger partial charge in [0, 0.05) is 36.7 Å². The van der Waals surface area contributed by atoms with Crippen LogP contribution in [0.15, 0.2) is 18.2 Å². The number of nitrogens with zero attached hydrogens (tertiary/aromatic N) is 1. The van der Waals surface area contributed by atoms with E-state index in [4.69, 9.17) is 11.6 Å². The Kier molecular flexibility index (Phi) is 3.76. The third kappa shape index (κ3) is 3.01. The molecule has 1 fully saturated rings. The van der Waals surface area contributed by atoms with Crippen LogP contribution in [0.5, 0.6) is 0 Å². The van der Waals surface area contributed by atoms with Crippen molar-refractivity contribution in [3.8, 4) is 0 Å². The van der Waals surface area contributed by atoms with Gasteiger partial charge in [0.05, 0.1) is 0 Å². The first-order chi connectivity index (χ1) is 7.99. The lowest BCUT2D eigenvalue weighted by atomic mass is 9.98. The summed E-state index contributed by atoms with van der Waals surface area (Å²) in [6.45, 7) is 11.0. The summed E-state index contributed by atoms with van der Waals surface area (Å²) in [5.41, 5.74) is 2.89. The quantitative estimate of drug-likeness (QED) is 0.871. The van der Waals surface area contributed by atoms with Gasteiger partial charge in [0.2, 0.25) is 0 Å². The maximum atomic E-state index is 5.99. The molecular formula is C14H21ClN2. The van der Waals surface area contributed by atoms with Gasteiger partial charge in [0.15, 0.2) is 0 Å². The van der Waals surface area contributed by atoms with E-state index in [1.807, 2.05) is 12.1 Å². The fourth-order valence-electron chi connectivity index (χ4n) is 2.36. The number of hydrogen-bond donors (Lipinski definition) is 1. The molecular weight excluding hydrogens is 232 g/mol. The Morgan fingerprint density at radius 2 is 2.18 bits per heavy atom. The molecule has 1 aliphatic rings. The van der Waals surface area contributed by atoms with Gasteiger partial charge in [-0.3, -0.25) is 4.90 Å². The van der Waals surface area contributed by atoms with E-state index in [1.165, 1.54) is 11.1 Å². The van der Waals surface area contributed by atoms with Gasteiger partial charge in [-0.05, 0) is 44.0 Å². The minimum atomic E-state index is 0.227. The number of aryl methyl sites for hydroxylation is 1. The Morgan fingerprint density at radius 3 is 2.82 bits per heavy atom. The van der Waals surface area contributed by atoms with Crippen LogP contribution in [0.4, 0.5) is 0 Å². The number of benzene rings is 1. The number of piperazine rings is 1. The van der Waals surface area contributed by atoms with Gasteiger partial charge in [-0.1, -0.05) is 17.7 Å². The summed E-state index contributed by atoms with van der Waals surface area (Å²) < 4.78 is 0. The summed E-state index contributed by atoms with van der Waals surface area (Å²) in [5.74, 6) is 0. The van der Waals surface area contributed by atoms with Gasteiger partial charge in [-0.25, -0.2) is 0 Å². The molecule has 0 spiro atoms. The second-order valence-corrected chi connectivity index (χ2v) is 5.92. The largest absolute Gasteiger partial charge is 0.314 e. The van der Waals surface area contributed by atoms with Crippen molar-refractivity contribution in [3.05, 3.63) is 34.3 Å². The van der Waals surface area contributed by atoms with Gasteiger partial charge < -0.3 is 5.32 Å². The SMILES string of the molecule is Cc1cc(Cl)ccc1CN1CCNCC1(C)C. The molecule has 1 heterocycles. The molecule has 0 saturated carbocycles. The van der Waals surface area contributed by atoms with Gasteiger partial charge >= 0.3 is 0 Å². The summed E-state index contributed by atoms with van der Waals surface area (Å²) in [5, 5.41) is 4.28. The zero-order valence-corrected chi connectivity index (χ0v) is 11.6. The topological polar surface area (TPSA) is 15.3 Å². The fourth-order valence-corrected chi connectivity index (χ4v) is 2.58. The van der Waals surface area contributed by atoms with Gasteiger partial charge in [-0.2, -0.15) is 0 Å². The second-order valence-electron chi connectivity index (χ2n) is 5.48. The lowest BCUT2D eigenvalue weighted by molar-refractivity contribution is 0.0826. The molecule has 2 nitrogen and oxygen atoms in total. The van der Waals surface area contributed by atoms with Crippen LogP contribution in [-0.2, 0) is 6.54 Å². The Hall–Kier alpha value is -0.570. The molecule has 1 saturated heterocycles. The molecule has 0 aliphatic carbocycles. The van der Waals surface area contributed by atoms with E-state index in [-0.39, 0.29) is 5.54 Å². The monoisotopic (exact) mass is 252 g/mol. The summed E-state index contributed by atoms with van der Waals surface area (Å²) in [6.07, 6.45) is 0. The molecule has 1 aliphatic heterocycles. The molecule has 1 aromatic rings. The van der Waals surface area contributed by atoms with Gasteiger partial charge in [0.25, 0.3) is 0 Å². The minimum Gasteiger partial charge on any atom is -0.314 e. The van der Waals surface area contributed by atoms with Crippen molar-refractivity contribution in [2.45, 2.75) is 32.9 Å². The zero-order chi connectivity index (χ0) is 12.5. The molecule has 3 heteroatoms. The molecule has 94 valence electrons. The van der Waals surface area contributed by atoms with Crippen molar-refractivity contribution in [1.82, 2.24) is 10.2 Å². The third-order valence-corrected chi connectivity index (χ3v) is 3.87. The van der Waals surface area contributed by atoms with Crippen LogP contribution in [0, 0.1) is 6.92 Å². The Balaban J connectivity index is 2.14. The smallest absolute Gasteiger partial charge is 0.0408 e. The fraction of sp³-hybridized carbons (Fsp3) is 0.571. The molecule has 17 heavy (non-hydrogen) atoms. The normalized spacial score (nSPS) is 20.5. The molecule has 1 N–H and O–H groups in total. The maximum Gasteiger partial charge on any atom is 0.0408 e. The average molecular weight is 253 g/mol. The Labute approximate surface area is 109 Å². The predicted octanol–water partition coefficient (Wildman–Crippen LogP) is 2.83. The third-order valence-electron chi connectivity index (χ3n) is 3.64. The first-order valence-electron chi connectivity index (χ1n) is 6.20. The van der Waals surface area contributed by atoms with Crippen molar-refractivity contribution < 1.29 is 0 Å². The Morgan fingerprint density at radius 1 is 1.41 bits per heavy atom. The molecule has 2 rings (SSSR count). The lowest BCUT2D eigenvalue weighted by Gasteiger charge is -2.43. The van der Waals surface area contributed by atoms with E-state index in [2.05, 4.69) is 37.1 Å². The van der Waals surface area contributed by atoms with Gasteiger partial charge in [-0.15, -0.1) is 0 Å². The first-order valence-corrected chi connectivity index (χ1v) is 6.58. The van der Waals surface area contributed by atoms with Crippen LogP contribution in [-0.4, -0.2) is 30.1 Å². The van der Waals surface area contributed by atoms with E-state index in [0.717, 1.165) is 31.2 Å². The molecule has 0 amide bonds. The highest BCUT2D eigenvalue weighted by atomic mass is 35.5. The number of halogens is 1. The molecule has 1 aromatic carbocycles. The minimum absolute atomic E-state index is 0.227. The van der Waals surface area contributed by atoms with Crippen LogP contribution >= 0.6 is 11.6 Å². The summed E-state index contributed by atoms with van der Waals surface area (Å²) in [6, 6.07) is 6.18. The van der Waals surface area contributed by atoms with E-state index in [9.17, 15) is 0 Å². The number of nitrogens with one attached hydrogen (secondary N) is 1. The maximum absolute atomic E-state index is 5.99. The van der Waals surface area contributed by atoms with Crippen molar-refractivity contribution in [3.63, 3.8) is 0 Å². The average Bonchev–Trinajstić information content (AvgIpc) is 2.24. The Bertz CT molecular complexity index is 401. The van der Waals surface area contributed by atoms with Crippen molar-refractivity contribution in [2.24, 2.45) is 0 Å². The molecule has 0 bridgehead atoms. The van der Waals surface area contributed by atoms with Crippen molar-refractivity contribution in [2.75, 3.05) is 19.6 Å². The van der Waals surface area contributed by atoms with Crippen molar-refractivity contribution >= 4 is 11.6 Å². The summed E-state index contributed by atoms with van der Waals surface area (Å²) in [7, 11) is 0. The predicted molar refractivity (Wildman–Crippen MR) is 73.5 cm³/mol. The highest BCUT2D eigenvalue weighted by molar-refractivity contribution is 6.30. The summed E-state index contributed by atoms with van der Waals surface area (Å²) in [4.78, 5) is 2.54. The summed E-state index contributed by atoms with van der Waals surface area (Å²) >= 11 is 5.99. The molecule has 0 unspecified atom stereocenters. The van der Waals surface area contributed by atoms with E-state index >= 15 is 0 Å². The van der Waals surface area contributed by atoms with Crippen LogP contribution < -0.4 is 5.32 Å².